The van der Waals surface area contributed by atoms with Crippen LogP contribution in [0.15, 0.2) is 103 Å². The standard InChI is InChI=1S/C51H57N7O10/c1-50(2,3)67-48(65)55-41(30-15-9-7-10-16-30)45(61)57-27-13-19-37(57)43(59)52-33-23-21-32(22-24-33)40-39(47(63)64)35-29-34(25-26-36(35)54-40)53-44(60)38-20-14-28-58(38)46(62)42(31-17-11-8-12-18-31)56-49(66)68-51(4,5)6/h7-12,15-18,21-26,29,37-38,41-42,54H,13-14,19-20,27-28H2,1-6H3,(H,52,59)(H,53,60)(H,55,65)(H,56,66)(H,63,64)/t37-,38-,41?,42?/m0/s1. The van der Waals surface area contributed by atoms with Crippen molar-refractivity contribution in [2.45, 2.75) is 103 Å². The number of carboxylic acid groups (broad SMARTS) is 1. The van der Waals surface area contributed by atoms with E-state index in [4.69, 9.17) is 9.47 Å². The fourth-order valence-corrected chi connectivity index (χ4v) is 8.53. The third-order valence-corrected chi connectivity index (χ3v) is 11.5. The van der Waals surface area contributed by atoms with Gasteiger partial charge >= 0.3 is 18.2 Å². The Hall–Kier alpha value is -7.69. The highest BCUT2D eigenvalue weighted by atomic mass is 16.6. The van der Waals surface area contributed by atoms with Gasteiger partial charge in [0.2, 0.25) is 11.8 Å². The smallest absolute Gasteiger partial charge is 0.408 e. The van der Waals surface area contributed by atoms with Gasteiger partial charge in [0.25, 0.3) is 11.8 Å². The van der Waals surface area contributed by atoms with E-state index in [0.717, 1.165) is 0 Å². The highest BCUT2D eigenvalue weighted by Gasteiger charge is 2.40. The number of nitrogens with zero attached hydrogens (tertiary/aromatic N) is 2. The van der Waals surface area contributed by atoms with Crippen LogP contribution in [-0.4, -0.2) is 98.1 Å². The second-order valence-electron chi connectivity index (χ2n) is 18.9. The van der Waals surface area contributed by atoms with Crippen LogP contribution in [0.3, 0.4) is 0 Å². The van der Waals surface area contributed by atoms with Crippen LogP contribution in [0.1, 0.15) is 101 Å². The van der Waals surface area contributed by atoms with Crippen molar-refractivity contribution in [3.05, 3.63) is 120 Å². The molecule has 4 atom stereocenters. The fraction of sp³-hybridized carbons (Fsp3) is 0.353. The number of aromatic carboxylic acids is 1. The second-order valence-corrected chi connectivity index (χ2v) is 18.9. The maximum Gasteiger partial charge on any atom is 0.408 e. The first-order chi connectivity index (χ1) is 32.3. The summed E-state index contributed by atoms with van der Waals surface area (Å²) < 4.78 is 10.9. The van der Waals surface area contributed by atoms with Crippen molar-refractivity contribution in [1.29, 1.82) is 0 Å². The number of alkyl carbamates (subject to hydrolysis) is 2. The van der Waals surface area contributed by atoms with Crippen molar-refractivity contribution in [2.24, 2.45) is 0 Å². The Balaban J connectivity index is 1.04. The topological polar surface area (TPSA) is 229 Å². The van der Waals surface area contributed by atoms with Gasteiger partial charge in [-0.25, -0.2) is 14.4 Å². The van der Waals surface area contributed by atoms with E-state index in [9.17, 15) is 38.7 Å². The number of hydrogen-bond donors (Lipinski definition) is 6. The Bertz CT molecular complexity index is 2690. The van der Waals surface area contributed by atoms with Crippen molar-refractivity contribution in [3.8, 4) is 11.3 Å². The summed E-state index contributed by atoms with van der Waals surface area (Å²) in [4.78, 5) is 100. The van der Waals surface area contributed by atoms with Gasteiger partial charge in [0, 0.05) is 35.4 Å². The lowest BCUT2D eigenvalue weighted by atomic mass is 10.0. The van der Waals surface area contributed by atoms with E-state index < -0.39 is 77.2 Å². The van der Waals surface area contributed by atoms with Gasteiger partial charge in [-0.15, -0.1) is 0 Å². The minimum absolute atomic E-state index is 0.0439. The largest absolute Gasteiger partial charge is 0.478 e. The van der Waals surface area contributed by atoms with Crippen LogP contribution >= 0.6 is 0 Å². The lowest BCUT2D eigenvalue weighted by Crippen LogP contribution is -2.49. The number of aromatic nitrogens is 1. The molecule has 2 saturated heterocycles. The number of carbonyl (C=O) groups is 7. The van der Waals surface area contributed by atoms with Crippen LogP contribution in [0.5, 0.6) is 0 Å². The predicted octanol–water partition coefficient (Wildman–Crippen LogP) is 7.92. The molecule has 2 aliphatic heterocycles. The van der Waals surface area contributed by atoms with Crippen molar-refractivity contribution in [1.82, 2.24) is 25.4 Å². The molecule has 17 nitrogen and oxygen atoms in total. The zero-order chi connectivity index (χ0) is 48.9. The van der Waals surface area contributed by atoms with Gasteiger partial charge in [-0.2, -0.15) is 0 Å². The van der Waals surface area contributed by atoms with Crippen LogP contribution in [0.25, 0.3) is 22.2 Å². The number of hydrogen-bond acceptors (Lipinski definition) is 9. The number of anilines is 2. The number of H-pyrrole nitrogens is 1. The molecule has 0 saturated carbocycles. The summed E-state index contributed by atoms with van der Waals surface area (Å²) >= 11 is 0. The average molecular weight is 928 g/mol. The molecule has 68 heavy (non-hydrogen) atoms. The van der Waals surface area contributed by atoms with Gasteiger partial charge in [-0.3, -0.25) is 19.2 Å². The molecule has 0 radical (unpaired) electrons. The van der Waals surface area contributed by atoms with Crippen LogP contribution in [0.2, 0.25) is 0 Å². The monoisotopic (exact) mass is 927 g/mol. The average Bonchev–Trinajstić information content (AvgIpc) is 4.06. The molecule has 2 aliphatic rings. The van der Waals surface area contributed by atoms with Crippen LogP contribution in [0, 0.1) is 0 Å². The number of fused-ring (bicyclic) bond motifs is 1. The summed E-state index contributed by atoms with van der Waals surface area (Å²) in [6, 6.07) is 25.0. The summed E-state index contributed by atoms with van der Waals surface area (Å²) in [6.45, 7) is 10.9. The molecule has 5 aromatic rings. The maximum atomic E-state index is 14.1. The fourth-order valence-electron chi connectivity index (χ4n) is 8.53. The Morgan fingerprint density at radius 2 is 1.06 bits per heavy atom. The third kappa shape index (κ3) is 11.5. The third-order valence-electron chi connectivity index (χ3n) is 11.5. The SMILES string of the molecule is CC(C)(C)OC(=O)NC(C(=O)N1CCC[C@H]1C(=O)Nc1ccc(-c2[nH]c3ccc(NC(=O)[C@@H]4CCCN4C(=O)C(NC(=O)OC(C)(C)C)c4ccccc4)cc3c2C(=O)O)cc1)c1ccccc1. The molecule has 17 heteroatoms. The van der Waals surface area contributed by atoms with Crippen molar-refractivity contribution < 1.29 is 48.1 Å². The lowest BCUT2D eigenvalue weighted by molar-refractivity contribution is -0.138. The van der Waals surface area contributed by atoms with E-state index in [1.165, 1.54) is 9.80 Å². The number of likely N-dealkylation sites (tertiary alicyclic amines) is 2. The summed E-state index contributed by atoms with van der Waals surface area (Å²) in [6.07, 6.45) is 0.359. The van der Waals surface area contributed by atoms with Crippen LogP contribution in [0.4, 0.5) is 21.0 Å². The number of benzene rings is 4. The molecule has 6 N–H and O–H groups in total. The quantitative estimate of drug-likeness (QED) is 0.0708. The van der Waals surface area contributed by atoms with E-state index in [-0.39, 0.29) is 12.1 Å². The first-order valence-corrected chi connectivity index (χ1v) is 22.6. The number of aromatic amines is 1. The van der Waals surface area contributed by atoms with E-state index in [0.29, 0.717) is 76.9 Å². The summed E-state index contributed by atoms with van der Waals surface area (Å²) in [5.74, 6) is -3.03. The predicted molar refractivity (Wildman–Crippen MR) is 255 cm³/mol. The Kier molecular flexibility index (Phi) is 14.2. The number of amides is 6. The van der Waals surface area contributed by atoms with Gasteiger partial charge in [-0.1, -0.05) is 72.8 Å². The maximum absolute atomic E-state index is 14.1. The van der Waals surface area contributed by atoms with Gasteiger partial charge in [0.05, 0.1) is 11.3 Å². The van der Waals surface area contributed by atoms with Crippen molar-refractivity contribution in [3.63, 3.8) is 0 Å². The molecule has 1 aromatic heterocycles. The molecule has 0 aliphatic carbocycles. The Labute approximate surface area is 393 Å². The minimum atomic E-state index is -1.22. The first kappa shape index (κ1) is 48.2. The molecule has 0 bridgehead atoms. The zero-order valence-electron chi connectivity index (χ0n) is 38.9. The summed E-state index contributed by atoms with van der Waals surface area (Å²) in [5.41, 5.74) is 1.44. The van der Waals surface area contributed by atoms with Gasteiger partial charge in [0.15, 0.2) is 0 Å². The van der Waals surface area contributed by atoms with E-state index in [2.05, 4.69) is 26.3 Å². The summed E-state index contributed by atoms with van der Waals surface area (Å²) in [5, 5.41) is 22.0. The van der Waals surface area contributed by atoms with Crippen molar-refractivity contribution >= 4 is 64.1 Å². The first-order valence-electron chi connectivity index (χ1n) is 22.6. The molecule has 7 rings (SSSR count). The Morgan fingerprint density at radius 1 is 0.618 bits per heavy atom. The Morgan fingerprint density at radius 3 is 1.50 bits per heavy atom. The van der Waals surface area contributed by atoms with E-state index in [1.807, 2.05) is 0 Å². The number of nitrogens with one attached hydrogen (secondary N) is 5. The van der Waals surface area contributed by atoms with Crippen LogP contribution in [-0.2, 0) is 28.7 Å². The molecule has 0 spiro atoms. The zero-order valence-corrected chi connectivity index (χ0v) is 38.9. The normalized spacial score (nSPS) is 16.9. The molecule has 4 aromatic carbocycles. The molecular weight excluding hydrogens is 871 g/mol. The molecule has 356 valence electrons. The molecular formula is C51H57N7O10. The van der Waals surface area contributed by atoms with Crippen molar-refractivity contribution in [2.75, 3.05) is 23.7 Å². The lowest BCUT2D eigenvalue weighted by Gasteiger charge is -2.29. The summed E-state index contributed by atoms with van der Waals surface area (Å²) in [7, 11) is 0. The molecule has 6 amide bonds. The molecule has 2 fully saturated rings. The van der Waals surface area contributed by atoms with Gasteiger partial charge in [-0.05, 0) is 114 Å². The van der Waals surface area contributed by atoms with Crippen LogP contribution < -0.4 is 21.3 Å². The minimum Gasteiger partial charge on any atom is -0.478 e. The van der Waals surface area contributed by atoms with E-state index in [1.54, 1.807) is 145 Å². The number of ether oxygens (including phenoxy) is 2. The molecule has 3 heterocycles. The van der Waals surface area contributed by atoms with Gasteiger partial charge in [0.1, 0.15) is 35.4 Å². The highest BCUT2D eigenvalue weighted by Crippen LogP contribution is 2.34. The molecule has 2 unspecified atom stereocenters. The number of carbonyl (C=O) groups excluding carboxylic acids is 6. The second kappa shape index (κ2) is 20.0. The van der Waals surface area contributed by atoms with E-state index >= 15 is 0 Å². The van der Waals surface area contributed by atoms with Gasteiger partial charge < -0.3 is 50.6 Å². The highest BCUT2D eigenvalue weighted by molar-refractivity contribution is 6.11. The number of carboxylic acids is 1. The number of rotatable bonds is 12.